The van der Waals surface area contributed by atoms with E-state index < -0.39 is 11.0 Å². The molecule has 11 nitrogen and oxygen atoms in total. The molecular formula is C32H35FN8O3. The van der Waals surface area contributed by atoms with Crippen molar-refractivity contribution in [3.63, 3.8) is 0 Å². The number of hydrogen-bond acceptors (Lipinski definition) is 8. The van der Waals surface area contributed by atoms with Gasteiger partial charge in [-0.25, -0.2) is 9.07 Å². The number of carbonyl (C=O) groups excluding carboxylic acids is 2. The lowest BCUT2D eigenvalue weighted by Crippen LogP contribution is -2.51. The lowest BCUT2D eigenvalue weighted by molar-refractivity contribution is -0.112. The van der Waals surface area contributed by atoms with Gasteiger partial charge in [-0.1, -0.05) is 12.1 Å². The van der Waals surface area contributed by atoms with E-state index in [1.807, 2.05) is 23.1 Å². The number of ether oxygens (including phenoxy) is 1. The Morgan fingerprint density at radius 3 is 2.57 bits per heavy atom. The predicted molar refractivity (Wildman–Crippen MR) is 160 cm³/mol. The smallest absolute Gasteiger partial charge is 0.257 e. The van der Waals surface area contributed by atoms with E-state index in [4.69, 9.17) is 4.74 Å². The van der Waals surface area contributed by atoms with Gasteiger partial charge >= 0.3 is 0 Å². The van der Waals surface area contributed by atoms with E-state index in [2.05, 4.69) is 30.7 Å². The average Bonchev–Trinajstić information content (AvgIpc) is 3.76. The number of nitrogens with zero attached hydrogens (tertiary/aromatic N) is 7. The summed E-state index contributed by atoms with van der Waals surface area (Å²) in [6.45, 7) is 3.36. The molecule has 6 rings (SSSR count). The van der Waals surface area contributed by atoms with E-state index in [0.717, 1.165) is 56.4 Å². The third kappa shape index (κ3) is 5.77. The minimum absolute atomic E-state index is 0.157. The van der Waals surface area contributed by atoms with Crippen LogP contribution in [0.15, 0.2) is 73.3 Å². The quantitative estimate of drug-likeness (QED) is 0.277. The van der Waals surface area contributed by atoms with Gasteiger partial charge in [0.05, 0.1) is 23.9 Å². The lowest BCUT2D eigenvalue weighted by atomic mass is 9.76. The molecule has 2 aromatic heterocycles. The van der Waals surface area contributed by atoms with Gasteiger partial charge < -0.3 is 19.9 Å². The molecule has 2 saturated heterocycles. The number of benzene rings is 2. The van der Waals surface area contributed by atoms with Crippen molar-refractivity contribution in [2.75, 3.05) is 39.8 Å². The second kappa shape index (κ2) is 12.5. The molecule has 2 amide bonds. The molecule has 1 atom stereocenters. The van der Waals surface area contributed by atoms with Gasteiger partial charge in [0.25, 0.3) is 5.91 Å². The molecule has 0 bridgehead atoms. The Balaban J connectivity index is 1.20. The molecule has 4 aromatic rings. The molecule has 2 aliphatic rings. The first kappa shape index (κ1) is 29.4. The number of likely N-dealkylation sites (tertiary alicyclic amines) is 2. The number of aromatic nitrogens is 5. The summed E-state index contributed by atoms with van der Waals surface area (Å²) < 4.78 is 21.6. The third-order valence-corrected chi connectivity index (χ3v) is 9.29. The highest BCUT2D eigenvalue weighted by Crippen LogP contribution is 2.40. The van der Waals surface area contributed by atoms with Crippen molar-refractivity contribution in [1.29, 1.82) is 0 Å². The summed E-state index contributed by atoms with van der Waals surface area (Å²) >= 11 is 0. The fourth-order valence-electron chi connectivity index (χ4n) is 6.73. The van der Waals surface area contributed by atoms with E-state index >= 15 is 0 Å². The van der Waals surface area contributed by atoms with Gasteiger partial charge in [-0.05, 0) is 96.2 Å². The van der Waals surface area contributed by atoms with Crippen LogP contribution in [0.2, 0.25) is 0 Å². The Hall–Kier alpha value is -4.71. The van der Waals surface area contributed by atoms with Crippen molar-refractivity contribution < 1.29 is 18.7 Å². The fraction of sp³-hybridized carbons (Fsp3) is 0.375. The number of piperidine rings is 1. The molecule has 2 aliphatic heterocycles. The van der Waals surface area contributed by atoms with Crippen LogP contribution in [-0.4, -0.2) is 87.1 Å². The largest absolute Gasteiger partial charge is 0.496 e. The fourth-order valence-corrected chi connectivity index (χ4v) is 6.73. The van der Waals surface area contributed by atoms with Gasteiger partial charge in [0.2, 0.25) is 6.41 Å². The zero-order chi connectivity index (χ0) is 30.6. The maximum absolute atomic E-state index is 14.5. The molecule has 0 spiro atoms. The second-order valence-electron chi connectivity index (χ2n) is 11.6. The maximum atomic E-state index is 14.5. The molecule has 2 aromatic carbocycles. The van der Waals surface area contributed by atoms with Gasteiger partial charge in [0.1, 0.15) is 17.9 Å². The molecule has 0 aliphatic carbocycles. The van der Waals surface area contributed by atoms with Gasteiger partial charge in [0.15, 0.2) is 0 Å². The van der Waals surface area contributed by atoms with E-state index in [-0.39, 0.29) is 11.7 Å². The minimum atomic E-state index is -0.423. The first-order valence-corrected chi connectivity index (χ1v) is 14.8. The minimum Gasteiger partial charge on any atom is -0.496 e. The molecule has 228 valence electrons. The number of amides is 2. The monoisotopic (exact) mass is 598 g/mol. The van der Waals surface area contributed by atoms with E-state index in [1.165, 1.54) is 24.2 Å². The van der Waals surface area contributed by atoms with Crippen LogP contribution in [0.5, 0.6) is 5.75 Å². The number of nitrogens with one attached hydrogen (secondary N) is 1. The van der Waals surface area contributed by atoms with Crippen LogP contribution < -0.4 is 10.1 Å². The Labute approximate surface area is 255 Å². The molecule has 12 heteroatoms. The molecule has 1 N–H and O–H groups in total. The molecule has 0 radical (unpaired) electrons. The van der Waals surface area contributed by atoms with Crippen LogP contribution in [0.3, 0.4) is 0 Å². The molecule has 4 heterocycles. The molecule has 2 fully saturated rings. The highest BCUT2D eigenvalue weighted by atomic mass is 19.1. The Morgan fingerprint density at radius 2 is 1.86 bits per heavy atom. The van der Waals surface area contributed by atoms with Crippen molar-refractivity contribution in [3.8, 4) is 11.4 Å². The number of carbonyl (C=O) groups is 2. The average molecular weight is 599 g/mol. The third-order valence-electron chi connectivity index (χ3n) is 9.29. The summed E-state index contributed by atoms with van der Waals surface area (Å²) in [6.07, 6.45) is 8.76. The number of pyridine rings is 1. The molecule has 0 saturated carbocycles. The molecule has 1 unspecified atom stereocenters. The van der Waals surface area contributed by atoms with Crippen LogP contribution in [0.4, 0.5) is 4.39 Å². The highest BCUT2D eigenvalue weighted by molar-refractivity contribution is 5.97. The van der Waals surface area contributed by atoms with Crippen LogP contribution >= 0.6 is 0 Å². The first-order valence-electron chi connectivity index (χ1n) is 14.8. The summed E-state index contributed by atoms with van der Waals surface area (Å²) in [5, 5.41) is 14.4. The Kier molecular flexibility index (Phi) is 8.34. The first-order chi connectivity index (χ1) is 21.4. The van der Waals surface area contributed by atoms with Crippen molar-refractivity contribution in [2.45, 2.75) is 36.6 Å². The number of tetrazole rings is 1. The zero-order valence-electron chi connectivity index (χ0n) is 24.6. The Bertz CT molecular complexity index is 1590. The Morgan fingerprint density at radius 1 is 1.05 bits per heavy atom. The lowest BCUT2D eigenvalue weighted by Gasteiger charge is -2.43. The van der Waals surface area contributed by atoms with Crippen LogP contribution in [-0.2, 0) is 15.7 Å². The van der Waals surface area contributed by atoms with E-state index in [1.54, 1.807) is 42.7 Å². The topological polar surface area (TPSA) is 118 Å². The van der Waals surface area contributed by atoms with Gasteiger partial charge in [0, 0.05) is 44.0 Å². The van der Waals surface area contributed by atoms with Crippen LogP contribution in [0.25, 0.3) is 5.69 Å². The second-order valence-corrected chi connectivity index (χ2v) is 11.6. The van der Waals surface area contributed by atoms with Gasteiger partial charge in [-0.15, -0.1) is 5.10 Å². The molecule has 44 heavy (non-hydrogen) atoms. The summed E-state index contributed by atoms with van der Waals surface area (Å²) in [7, 11) is 1.54. The SMILES string of the molecule is COc1ccc(-n2cnnn2)cc1C(=O)N1CCC(CCN2CCC(NC=O)(c3ccncc3)CC2)(c2cccc(F)c2)C1. The number of hydrogen-bond donors (Lipinski definition) is 1. The van der Waals surface area contributed by atoms with Crippen molar-refractivity contribution in [2.24, 2.45) is 0 Å². The summed E-state index contributed by atoms with van der Waals surface area (Å²) in [5.41, 5.74) is 2.17. The molecular weight excluding hydrogens is 563 g/mol. The van der Waals surface area contributed by atoms with Crippen molar-refractivity contribution >= 4 is 12.3 Å². The normalized spacial score (nSPS) is 19.9. The summed E-state index contributed by atoms with van der Waals surface area (Å²) in [5.74, 6) is 0.0163. The van der Waals surface area contributed by atoms with Crippen LogP contribution in [0, 0.1) is 5.82 Å². The predicted octanol–water partition coefficient (Wildman–Crippen LogP) is 3.12. The number of methoxy groups -OCH3 is 1. The number of halogens is 1. The van der Waals surface area contributed by atoms with Crippen molar-refractivity contribution in [1.82, 2.24) is 40.3 Å². The zero-order valence-corrected chi connectivity index (χ0v) is 24.6. The van der Waals surface area contributed by atoms with Crippen molar-refractivity contribution in [3.05, 3.63) is 95.8 Å². The van der Waals surface area contributed by atoms with Gasteiger partial charge in [-0.2, -0.15) is 0 Å². The highest BCUT2D eigenvalue weighted by Gasteiger charge is 2.43. The van der Waals surface area contributed by atoms with Gasteiger partial charge in [-0.3, -0.25) is 14.6 Å². The number of rotatable bonds is 10. The maximum Gasteiger partial charge on any atom is 0.257 e. The van der Waals surface area contributed by atoms with E-state index in [9.17, 15) is 14.0 Å². The van der Waals surface area contributed by atoms with Crippen LogP contribution in [0.1, 0.15) is 47.2 Å². The summed E-state index contributed by atoms with van der Waals surface area (Å²) in [4.78, 5) is 33.9. The van der Waals surface area contributed by atoms with E-state index in [0.29, 0.717) is 36.5 Å². The standard InChI is InChI=1S/C32H35FN8O3/c1-44-29-6-5-27(41-22-36-37-38-41)20-28(29)30(43)40-18-10-31(21-40,25-3-2-4-26(33)19-25)9-15-39-16-11-32(12-17-39,35-23-42)24-7-13-34-14-8-24/h2-8,13-14,19-20,22-23H,9-12,15-18,21H2,1H3,(H,35,42). The summed E-state index contributed by atoms with van der Waals surface area (Å²) in [6, 6.07) is 15.9.